The molecule has 2 heterocycles. The zero-order valence-corrected chi connectivity index (χ0v) is 12.8. The monoisotopic (exact) mass is 348 g/mol. The number of methoxy groups -OCH3 is 1. The number of esters is 1. The second-order valence-electron chi connectivity index (χ2n) is 4.17. The maximum absolute atomic E-state index is 11.7. The average molecular weight is 350 g/mol. The van der Waals surface area contributed by atoms with Crippen LogP contribution in [0.3, 0.4) is 0 Å². The first-order valence-corrected chi connectivity index (χ1v) is 7.07. The number of nitrogens with one attached hydrogen (secondary N) is 1. The summed E-state index contributed by atoms with van der Waals surface area (Å²) in [6.07, 6.45) is 3.18. The summed E-state index contributed by atoms with van der Waals surface area (Å²) in [7, 11) is 1.34. The minimum absolute atomic E-state index is 0.243. The third kappa shape index (κ3) is 3.38. The highest BCUT2D eigenvalue weighted by Gasteiger charge is 2.22. The third-order valence-electron chi connectivity index (χ3n) is 2.95. The van der Waals surface area contributed by atoms with E-state index in [0.29, 0.717) is 34.1 Å². The van der Waals surface area contributed by atoms with E-state index in [1.165, 1.54) is 13.3 Å². The minimum atomic E-state index is -0.445. The molecule has 0 atom stereocenters. The van der Waals surface area contributed by atoms with Crippen molar-refractivity contribution in [3.63, 3.8) is 0 Å². The van der Waals surface area contributed by atoms with Crippen LogP contribution in [0, 0.1) is 0 Å². The molecule has 0 spiro atoms. The van der Waals surface area contributed by atoms with E-state index in [9.17, 15) is 4.79 Å². The molecule has 19 heavy (non-hydrogen) atoms. The lowest BCUT2D eigenvalue weighted by molar-refractivity contribution is 0.0601. The van der Waals surface area contributed by atoms with Gasteiger partial charge in [0.2, 0.25) is 0 Å². The van der Waals surface area contributed by atoms with E-state index in [1.807, 2.05) is 0 Å². The highest BCUT2D eigenvalue weighted by molar-refractivity contribution is 9.10. The van der Waals surface area contributed by atoms with Crippen LogP contribution >= 0.6 is 27.5 Å². The molecule has 2 rings (SSSR count). The van der Waals surface area contributed by atoms with Gasteiger partial charge in [0.25, 0.3) is 0 Å². The van der Waals surface area contributed by atoms with Crippen molar-refractivity contribution in [3.8, 4) is 0 Å². The van der Waals surface area contributed by atoms with E-state index < -0.39 is 5.97 Å². The highest BCUT2D eigenvalue weighted by atomic mass is 79.9. The van der Waals surface area contributed by atoms with Crippen LogP contribution in [-0.2, 0) is 9.47 Å². The largest absolute Gasteiger partial charge is 0.465 e. The fourth-order valence-corrected chi connectivity index (χ4v) is 2.49. The second-order valence-corrected chi connectivity index (χ2v) is 5.33. The standard InChI is InChI=1S/C12H14BrClN2O3/c1-18-12(17)8-6-15-11(14)9(13)10(8)16-7-2-4-19-5-3-7/h6-7H,2-5H2,1H3,(H,15,16). The van der Waals surface area contributed by atoms with E-state index in [-0.39, 0.29) is 6.04 Å². The van der Waals surface area contributed by atoms with Gasteiger partial charge in [-0.2, -0.15) is 0 Å². The number of hydrogen-bond donors (Lipinski definition) is 1. The fraction of sp³-hybridized carbons (Fsp3) is 0.500. The molecule has 0 amide bonds. The summed E-state index contributed by atoms with van der Waals surface area (Å²) in [4.78, 5) is 15.7. The van der Waals surface area contributed by atoms with Gasteiger partial charge in [-0.1, -0.05) is 11.6 Å². The van der Waals surface area contributed by atoms with E-state index in [2.05, 4.69) is 26.2 Å². The summed E-state index contributed by atoms with van der Waals surface area (Å²) in [6.45, 7) is 1.42. The van der Waals surface area contributed by atoms with Crippen LogP contribution in [0.1, 0.15) is 23.2 Å². The van der Waals surface area contributed by atoms with Crippen molar-refractivity contribution in [1.82, 2.24) is 4.98 Å². The number of rotatable bonds is 3. The second kappa shape index (κ2) is 6.54. The third-order valence-corrected chi connectivity index (χ3v) is 4.24. The van der Waals surface area contributed by atoms with Crippen molar-refractivity contribution in [2.24, 2.45) is 0 Å². The first-order chi connectivity index (χ1) is 9.13. The lowest BCUT2D eigenvalue weighted by Gasteiger charge is -2.25. The molecule has 1 N–H and O–H groups in total. The molecule has 1 aliphatic rings. The summed E-state index contributed by atoms with van der Waals surface area (Å²) in [5, 5.41) is 3.63. The molecule has 0 aromatic carbocycles. The fourth-order valence-electron chi connectivity index (χ4n) is 1.92. The lowest BCUT2D eigenvalue weighted by Crippen LogP contribution is -2.29. The highest BCUT2D eigenvalue weighted by Crippen LogP contribution is 2.33. The van der Waals surface area contributed by atoms with Gasteiger partial charge in [0.1, 0.15) is 10.7 Å². The summed E-state index contributed by atoms with van der Waals surface area (Å²) < 4.78 is 10.6. The number of pyridine rings is 1. The maximum Gasteiger partial charge on any atom is 0.341 e. The lowest BCUT2D eigenvalue weighted by atomic mass is 10.1. The number of aromatic nitrogens is 1. The Bertz CT molecular complexity index is 478. The molecule has 7 heteroatoms. The van der Waals surface area contributed by atoms with Gasteiger partial charge in [-0.15, -0.1) is 0 Å². The van der Waals surface area contributed by atoms with Crippen LogP contribution in [0.2, 0.25) is 5.15 Å². The van der Waals surface area contributed by atoms with Crippen LogP contribution in [0.25, 0.3) is 0 Å². The first kappa shape index (κ1) is 14.6. The Labute approximate surface area is 124 Å². The van der Waals surface area contributed by atoms with Crippen molar-refractivity contribution in [1.29, 1.82) is 0 Å². The number of anilines is 1. The molecule has 1 fully saturated rings. The van der Waals surface area contributed by atoms with Crippen LogP contribution in [-0.4, -0.2) is 37.3 Å². The SMILES string of the molecule is COC(=O)c1cnc(Cl)c(Br)c1NC1CCOCC1. The number of carbonyl (C=O) groups is 1. The molecular formula is C12H14BrClN2O3. The topological polar surface area (TPSA) is 60.5 Å². The van der Waals surface area contributed by atoms with Crippen LogP contribution < -0.4 is 5.32 Å². The van der Waals surface area contributed by atoms with Gasteiger partial charge in [-0.3, -0.25) is 0 Å². The summed E-state index contributed by atoms with van der Waals surface area (Å²) >= 11 is 9.34. The van der Waals surface area contributed by atoms with Gasteiger partial charge in [0.15, 0.2) is 0 Å². The normalized spacial score (nSPS) is 16.2. The van der Waals surface area contributed by atoms with Crippen LogP contribution in [0.5, 0.6) is 0 Å². The molecule has 1 saturated heterocycles. The van der Waals surface area contributed by atoms with E-state index >= 15 is 0 Å². The number of nitrogens with zero attached hydrogens (tertiary/aromatic N) is 1. The molecule has 1 aromatic rings. The minimum Gasteiger partial charge on any atom is -0.465 e. The zero-order valence-electron chi connectivity index (χ0n) is 10.4. The molecule has 5 nitrogen and oxygen atoms in total. The number of halogens is 2. The Morgan fingerprint density at radius 3 is 2.89 bits per heavy atom. The molecule has 0 aliphatic carbocycles. The van der Waals surface area contributed by atoms with Crippen molar-refractivity contribution >= 4 is 39.2 Å². The Hall–Kier alpha value is -0.850. The van der Waals surface area contributed by atoms with E-state index in [1.54, 1.807) is 0 Å². The molecule has 104 valence electrons. The van der Waals surface area contributed by atoms with E-state index in [4.69, 9.17) is 21.1 Å². The van der Waals surface area contributed by atoms with Gasteiger partial charge in [-0.05, 0) is 28.8 Å². The molecule has 0 unspecified atom stereocenters. The van der Waals surface area contributed by atoms with Gasteiger partial charge < -0.3 is 14.8 Å². The summed E-state index contributed by atoms with van der Waals surface area (Å²) in [5.74, 6) is -0.445. The van der Waals surface area contributed by atoms with Crippen molar-refractivity contribution < 1.29 is 14.3 Å². The Kier molecular flexibility index (Phi) is 5.01. The first-order valence-electron chi connectivity index (χ1n) is 5.90. The Morgan fingerprint density at radius 1 is 1.58 bits per heavy atom. The molecular weight excluding hydrogens is 336 g/mol. The molecule has 1 aromatic heterocycles. The predicted molar refractivity (Wildman–Crippen MR) is 75.8 cm³/mol. The molecule has 1 aliphatic heterocycles. The smallest absolute Gasteiger partial charge is 0.341 e. The van der Waals surface area contributed by atoms with Gasteiger partial charge in [-0.25, -0.2) is 9.78 Å². The molecule has 0 saturated carbocycles. The Balaban J connectivity index is 2.29. The van der Waals surface area contributed by atoms with Crippen molar-refractivity contribution in [2.45, 2.75) is 18.9 Å². The molecule has 0 bridgehead atoms. The van der Waals surface area contributed by atoms with Crippen LogP contribution in [0.15, 0.2) is 10.7 Å². The van der Waals surface area contributed by atoms with Crippen molar-refractivity contribution in [2.75, 3.05) is 25.6 Å². The Morgan fingerprint density at radius 2 is 2.26 bits per heavy atom. The number of hydrogen-bond acceptors (Lipinski definition) is 5. The quantitative estimate of drug-likeness (QED) is 0.671. The summed E-state index contributed by atoms with van der Waals surface area (Å²) in [6, 6.07) is 0.243. The van der Waals surface area contributed by atoms with Crippen molar-refractivity contribution in [3.05, 3.63) is 21.4 Å². The average Bonchev–Trinajstić information content (AvgIpc) is 2.44. The van der Waals surface area contributed by atoms with Gasteiger partial charge in [0.05, 0.1) is 17.3 Å². The summed E-state index contributed by atoms with van der Waals surface area (Å²) in [5.41, 5.74) is 0.990. The maximum atomic E-state index is 11.7. The van der Waals surface area contributed by atoms with Gasteiger partial charge in [0, 0.05) is 25.5 Å². The number of carbonyl (C=O) groups excluding carboxylic acids is 1. The predicted octanol–water partition coefficient (Wildman–Crippen LogP) is 2.88. The molecule has 0 radical (unpaired) electrons. The van der Waals surface area contributed by atoms with Crippen LogP contribution in [0.4, 0.5) is 5.69 Å². The van der Waals surface area contributed by atoms with E-state index in [0.717, 1.165) is 12.8 Å². The zero-order chi connectivity index (χ0) is 13.8. The van der Waals surface area contributed by atoms with Gasteiger partial charge >= 0.3 is 5.97 Å². The number of ether oxygens (including phenoxy) is 2.